The summed E-state index contributed by atoms with van der Waals surface area (Å²) in [4.78, 5) is 14.4. The van der Waals surface area contributed by atoms with E-state index >= 15 is 0 Å². The molecule has 1 aromatic heterocycles. The van der Waals surface area contributed by atoms with Crippen LogP contribution in [0.3, 0.4) is 0 Å². The molecule has 0 radical (unpaired) electrons. The largest absolute Gasteiger partial charge is 0.330 e. The number of imidazole rings is 1. The number of H-pyrrole nitrogens is 1. The number of benzene rings is 1. The molecule has 19 heavy (non-hydrogen) atoms. The zero-order valence-electron chi connectivity index (χ0n) is 11.4. The summed E-state index contributed by atoms with van der Waals surface area (Å²) in [7, 11) is 0. The molecule has 1 fully saturated rings. The van der Waals surface area contributed by atoms with Crippen LogP contribution < -0.4 is 11.0 Å². The Balaban J connectivity index is 1.98. The molecule has 0 amide bonds. The summed E-state index contributed by atoms with van der Waals surface area (Å²) in [6.45, 7) is 5.24. The molecule has 0 spiro atoms. The first-order valence-corrected chi connectivity index (χ1v) is 6.73. The van der Waals surface area contributed by atoms with Gasteiger partial charge in [-0.1, -0.05) is 12.1 Å². The number of aromatic amines is 1. The number of nitrogens with zero attached hydrogens (tertiary/aromatic N) is 1. The van der Waals surface area contributed by atoms with Crippen LogP contribution in [0.4, 0.5) is 0 Å². The molecule has 1 unspecified atom stereocenters. The third-order valence-electron chi connectivity index (χ3n) is 4.09. The Hall–Kier alpha value is -1.81. The molecular formula is C15H19N3O. The fourth-order valence-corrected chi connectivity index (χ4v) is 2.90. The first kappa shape index (κ1) is 12.2. The lowest BCUT2D eigenvalue weighted by molar-refractivity contribution is 0.435. The fraction of sp³-hybridized carbons (Fsp3) is 0.400. The third-order valence-corrected chi connectivity index (χ3v) is 4.09. The summed E-state index contributed by atoms with van der Waals surface area (Å²) in [5, 5.41) is 3.55. The van der Waals surface area contributed by atoms with Gasteiger partial charge in [-0.3, -0.25) is 4.57 Å². The van der Waals surface area contributed by atoms with E-state index in [-0.39, 0.29) is 11.2 Å². The molecule has 1 aliphatic rings. The molecule has 4 heteroatoms. The van der Waals surface area contributed by atoms with Crippen LogP contribution in [0, 0.1) is 6.92 Å². The highest BCUT2D eigenvalue weighted by molar-refractivity contribution is 5.38. The van der Waals surface area contributed by atoms with Gasteiger partial charge >= 0.3 is 5.69 Å². The maximum atomic E-state index is 11.7. The average molecular weight is 257 g/mol. The van der Waals surface area contributed by atoms with Crippen LogP contribution in [0.25, 0.3) is 5.69 Å². The number of rotatable bonds is 2. The maximum absolute atomic E-state index is 11.7. The summed E-state index contributed by atoms with van der Waals surface area (Å²) in [6.07, 6.45) is 4.11. The molecule has 3 rings (SSSR count). The minimum atomic E-state index is -0.0875. The summed E-state index contributed by atoms with van der Waals surface area (Å²) < 4.78 is 1.69. The fourth-order valence-electron chi connectivity index (χ4n) is 2.90. The molecule has 1 saturated heterocycles. The lowest BCUT2D eigenvalue weighted by Crippen LogP contribution is -2.33. The van der Waals surface area contributed by atoms with E-state index in [4.69, 9.17) is 0 Å². The SMILES string of the molecule is Cc1c[nH]c(=O)n1-c1ccc(C2(C)CCCN2)cc1. The standard InChI is InChI=1S/C15H19N3O/c1-11-10-16-14(19)18(11)13-6-4-12(5-7-13)15(2)8-3-9-17-15/h4-7,10,17H,3,8-9H2,1-2H3,(H,16,19). The van der Waals surface area contributed by atoms with Gasteiger partial charge in [0.1, 0.15) is 0 Å². The van der Waals surface area contributed by atoms with Gasteiger partial charge in [-0.2, -0.15) is 0 Å². The van der Waals surface area contributed by atoms with Crippen molar-refractivity contribution in [3.8, 4) is 5.69 Å². The number of aryl methyl sites for hydroxylation is 1. The van der Waals surface area contributed by atoms with Crippen molar-refractivity contribution in [2.24, 2.45) is 0 Å². The summed E-state index contributed by atoms with van der Waals surface area (Å²) in [5.74, 6) is 0. The number of aromatic nitrogens is 2. The highest BCUT2D eigenvalue weighted by atomic mass is 16.1. The van der Waals surface area contributed by atoms with Crippen molar-refractivity contribution >= 4 is 0 Å². The summed E-state index contributed by atoms with van der Waals surface area (Å²) in [6, 6.07) is 8.27. The van der Waals surface area contributed by atoms with Crippen molar-refractivity contribution in [3.05, 3.63) is 52.2 Å². The summed E-state index contributed by atoms with van der Waals surface area (Å²) >= 11 is 0. The number of hydrogen-bond acceptors (Lipinski definition) is 2. The molecule has 2 heterocycles. The Labute approximate surface area is 112 Å². The second kappa shape index (κ2) is 4.38. The van der Waals surface area contributed by atoms with E-state index in [2.05, 4.69) is 29.4 Å². The topological polar surface area (TPSA) is 49.8 Å². The van der Waals surface area contributed by atoms with E-state index in [1.165, 1.54) is 12.0 Å². The highest BCUT2D eigenvalue weighted by Gasteiger charge is 2.29. The van der Waals surface area contributed by atoms with Crippen LogP contribution in [-0.4, -0.2) is 16.1 Å². The first-order chi connectivity index (χ1) is 9.10. The molecule has 100 valence electrons. The molecule has 2 aromatic rings. The van der Waals surface area contributed by atoms with Crippen LogP contribution in [0.2, 0.25) is 0 Å². The Bertz CT molecular complexity index is 630. The van der Waals surface area contributed by atoms with Gasteiger partial charge in [0.05, 0.1) is 5.69 Å². The van der Waals surface area contributed by atoms with Crippen molar-refractivity contribution in [1.29, 1.82) is 0 Å². The second-order valence-corrected chi connectivity index (χ2v) is 5.48. The van der Waals surface area contributed by atoms with Gasteiger partial charge in [0, 0.05) is 17.4 Å². The third kappa shape index (κ3) is 2.02. The summed E-state index contributed by atoms with van der Waals surface area (Å²) in [5.41, 5.74) is 3.11. The van der Waals surface area contributed by atoms with Gasteiger partial charge in [0.25, 0.3) is 0 Å². The van der Waals surface area contributed by atoms with Crippen molar-refractivity contribution in [2.75, 3.05) is 6.54 Å². The van der Waals surface area contributed by atoms with E-state index in [0.29, 0.717) is 0 Å². The quantitative estimate of drug-likeness (QED) is 0.865. The zero-order valence-corrected chi connectivity index (χ0v) is 11.4. The van der Waals surface area contributed by atoms with E-state index in [1.807, 2.05) is 19.1 Å². The van der Waals surface area contributed by atoms with Gasteiger partial charge < -0.3 is 10.3 Å². The van der Waals surface area contributed by atoms with E-state index in [9.17, 15) is 4.79 Å². The lowest BCUT2D eigenvalue weighted by Gasteiger charge is -2.25. The van der Waals surface area contributed by atoms with Crippen molar-refractivity contribution in [1.82, 2.24) is 14.9 Å². The van der Waals surface area contributed by atoms with E-state index < -0.39 is 0 Å². The van der Waals surface area contributed by atoms with Crippen LogP contribution in [0.1, 0.15) is 31.0 Å². The van der Waals surface area contributed by atoms with E-state index in [1.54, 1.807) is 10.8 Å². The van der Waals surface area contributed by atoms with Crippen molar-refractivity contribution < 1.29 is 0 Å². The number of hydrogen-bond donors (Lipinski definition) is 2. The van der Waals surface area contributed by atoms with Gasteiger partial charge in [-0.25, -0.2) is 4.79 Å². The van der Waals surface area contributed by atoms with Crippen LogP contribution in [0.15, 0.2) is 35.3 Å². The predicted octanol–water partition coefficient (Wildman–Crippen LogP) is 2.07. The predicted molar refractivity (Wildman–Crippen MR) is 75.7 cm³/mol. The Morgan fingerprint density at radius 2 is 2.00 bits per heavy atom. The minimum Gasteiger partial charge on any atom is -0.312 e. The molecule has 1 aromatic carbocycles. The number of nitrogens with one attached hydrogen (secondary N) is 2. The Morgan fingerprint density at radius 3 is 2.53 bits per heavy atom. The molecule has 0 bridgehead atoms. The van der Waals surface area contributed by atoms with Gasteiger partial charge in [0.15, 0.2) is 0 Å². The van der Waals surface area contributed by atoms with Gasteiger partial charge in [-0.15, -0.1) is 0 Å². The lowest BCUT2D eigenvalue weighted by atomic mass is 9.90. The highest BCUT2D eigenvalue weighted by Crippen LogP contribution is 2.30. The average Bonchev–Trinajstić information content (AvgIpc) is 2.98. The molecule has 0 saturated carbocycles. The molecule has 1 aliphatic heterocycles. The normalized spacial score (nSPS) is 22.8. The molecule has 0 aliphatic carbocycles. The molecular weight excluding hydrogens is 238 g/mol. The molecule has 1 atom stereocenters. The monoisotopic (exact) mass is 257 g/mol. The maximum Gasteiger partial charge on any atom is 0.330 e. The molecule has 4 nitrogen and oxygen atoms in total. The van der Waals surface area contributed by atoms with Crippen LogP contribution in [-0.2, 0) is 5.54 Å². The van der Waals surface area contributed by atoms with Crippen molar-refractivity contribution in [3.63, 3.8) is 0 Å². The van der Waals surface area contributed by atoms with Crippen molar-refractivity contribution in [2.45, 2.75) is 32.2 Å². The van der Waals surface area contributed by atoms with Gasteiger partial charge in [-0.05, 0) is 50.9 Å². The molecule has 2 N–H and O–H groups in total. The van der Waals surface area contributed by atoms with Crippen LogP contribution in [0.5, 0.6) is 0 Å². The van der Waals surface area contributed by atoms with Gasteiger partial charge in [0.2, 0.25) is 0 Å². The van der Waals surface area contributed by atoms with Crippen LogP contribution >= 0.6 is 0 Å². The van der Waals surface area contributed by atoms with E-state index in [0.717, 1.165) is 24.3 Å². The Kier molecular flexibility index (Phi) is 2.82. The second-order valence-electron chi connectivity index (χ2n) is 5.48. The smallest absolute Gasteiger partial charge is 0.312 e. The zero-order chi connectivity index (χ0) is 13.5. The minimum absolute atomic E-state index is 0.0800. The Morgan fingerprint density at radius 1 is 1.26 bits per heavy atom. The first-order valence-electron chi connectivity index (χ1n) is 6.73.